The molecule has 0 radical (unpaired) electrons. The maximum absolute atomic E-state index is 5.46. The van der Waals surface area contributed by atoms with E-state index in [-0.39, 0.29) is 0 Å². The molecule has 0 aromatic carbocycles. The van der Waals surface area contributed by atoms with Crippen molar-refractivity contribution in [1.82, 2.24) is 15.0 Å². The summed E-state index contributed by atoms with van der Waals surface area (Å²) in [6.45, 7) is 0.732. The molecule has 0 aliphatic rings. The van der Waals surface area contributed by atoms with Gasteiger partial charge in [0.1, 0.15) is 5.82 Å². The van der Waals surface area contributed by atoms with E-state index in [1.165, 1.54) is 0 Å². The lowest BCUT2D eigenvalue weighted by atomic mass is 10.1. The number of aryl methyl sites for hydroxylation is 2. The molecule has 0 aliphatic carbocycles. The molecule has 5 heteroatoms. The molecule has 0 spiro atoms. The number of methoxy groups -OCH3 is 1. The molecule has 0 fully saturated rings. The van der Waals surface area contributed by atoms with Crippen LogP contribution < -0.4 is 11.3 Å². The zero-order valence-electron chi connectivity index (χ0n) is 9.44. The van der Waals surface area contributed by atoms with Crippen molar-refractivity contribution >= 4 is 0 Å². The van der Waals surface area contributed by atoms with Crippen LogP contribution in [-0.4, -0.2) is 29.3 Å². The zero-order valence-corrected chi connectivity index (χ0v) is 9.44. The molecule has 0 amide bonds. The Morgan fingerprint density at radius 2 is 2.40 bits per heavy atom. The van der Waals surface area contributed by atoms with Crippen LogP contribution in [0.15, 0.2) is 12.4 Å². The van der Waals surface area contributed by atoms with E-state index in [1.807, 2.05) is 24.0 Å². The Bertz CT molecular complexity index is 274. The fraction of sp³-hybridized carbons (Fsp3) is 0.700. The van der Waals surface area contributed by atoms with Crippen molar-refractivity contribution in [1.29, 1.82) is 0 Å². The summed E-state index contributed by atoms with van der Waals surface area (Å²) in [7, 11) is 3.70. The predicted molar refractivity (Wildman–Crippen MR) is 59.1 cm³/mol. The van der Waals surface area contributed by atoms with Crippen LogP contribution >= 0.6 is 0 Å². The van der Waals surface area contributed by atoms with Crippen LogP contribution in [0.25, 0.3) is 0 Å². The molecule has 3 N–H and O–H groups in total. The molecule has 1 rings (SSSR count). The minimum atomic E-state index is 0.293. The first-order chi connectivity index (χ1) is 7.27. The van der Waals surface area contributed by atoms with Crippen molar-refractivity contribution in [3.8, 4) is 0 Å². The van der Waals surface area contributed by atoms with Gasteiger partial charge in [0, 0.05) is 45.6 Å². The second kappa shape index (κ2) is 6.55. The highest BCUT2D eigenvalue weighted by Gasteiger charge is 2.08. The molecular formula is C10H20N4O. The number of rotatable bonds is 7. The average molecular weight is 212 g/mol. The predicted octanol–water partition coefficient (Wildman–Crippen LogP) is 0.221. The Balaban J connectivity index is 2.31. The number of hydrogen-bond donors (Lipinski definition) is 2. The number of hydrogen-bond acceptors (Lipinski definition) is 4. The van der Waals surface area contributed by atoms with Gasteiger partial charge in [-0.15, -0.1) is 0 Å². The van der Waals surface area contributed by atoms with E-state index in [0.717, 1.165) is 31.7 Å². The minimum Gasteiger partial charge on any atom is -0.385 e. The van der Waals surface area contributed by atoms with Crippen LogP contribution in [0.5, 0.6) is 0 Å². The van der Waals surface area contributed by atoms with Gasteiger partial charge in [0.05, 0.1) is 0 Å². The molecule has 5 nitrogen and oxygen atoms in total. The Labute approximate surface area is 90.6 Å². The van der Waals surface area contributed by atoms with E-state index < -0.39 is 0 Å². The molecule has 15 heavy (non-hydrogen) atoms. The molecule has 0 saturated heterocycles. The van der Waals surface area contributed by atoms with Crippen LogP contribution in [0, 0.1) is 0 Å². The monoisotopic (exact) mass is 212 g/mol. The zero-order chi connectivity index (χ0) is 11.1. The van der Waals surface area contributed by atoms with Crippen LogP contribution in [0.3, 0.4) is 0 Å². The molecule has 0 saturated carbocycles. The lowest BCUT2D eigenvalue weighted by Crippen LogP contribution is -2.36. The van der Waals surface area contributed by atoms with E-state index in [0.29, 0.717) is 6.04 Å². The van der Waals surface area contributed by atoms with Gasteiger partial charge in [0.15, 0.2) is 0 Å². The fourth-order valence-electron chi connectivity index (χ4n) is 1.51. The topological polar surface area (TPSA) is 65.1 Å². The van der Waals surface area contributed by atoms with Crippen LogP contribution in [0.1, 0.15) is 18.7 Å². The van der Waals surface area contributed by atoms with Gasteiger partial charge in [-0.3, -0.25) is 11.3 Å². The maximum Gasteiger partial charge on any atom is 0.108 e. The van der Waals surface area contributed by atoms with Gasteiger partial charge in [0.25, 0.3) is 0 Å². The van der Waals surface area contributed by atoms with Gasteiger partial charge in [0.2, 0.25) is 0 Å². The van der Waals surface area contributed by atoms with Crippen molar-refractivity contribution < 1.29 is 4.74 Å². The molecule has 1 heterocycles. The highest BCUT2D eigenvalue weighted by molar-refractivity contribution is 4.91. The lowest BCUT2D eigenvalue weighted by molar-refractivity contribution is 0.181. The van der Waals surface area contributed by atoms with Crippen LogP contribution in [0.4, 0.5) is 0 Å². The Morgan fingerprint density at radius 1 is 1.60 bits per heavy atom. The number of ether oxygens (including phenoxy) is 1. The average Bonchev–Trinajstić information content (AvgIpc) is 2.65. The minimum absolute atomic E-state index is 0.293. The van der Waals surface area contributed by atoms with E-state index in [9.17, 15) is 0 Å². The van der Waals surface area contributed by atoms with Gasteiger partial charge < -0.3 is 9.30 Å². The molecule has 0 bridgehead atoms. The lowest BCUT2D eigenvalue weighted by Gasteiger charge is -2.14. The van der Waals surface area contributed by atoms with Gasteiger partial charge in [-0.25, -0.2) is 4.98 Å². The number of imidazole rings is 1. The van der Waals surface area contributed by atoms with Gasteiger partial charge in [-0.05, 0) is 12.8 Å². The second-order valence-corrected chi connectivity index (χ2v) is 3.64. The van der Waals surface area contributed by atoms with Gasteiger partial charge in [-0.2, -0.15) is 0 Å². The first-order valence-corrected chi connectivity index (χ1v) is 5.19. The third-order valence-corrected chi connectivity index (χ3v) is 2.54. The number of nitrogens with one attached hydrogen (secondary N) is 1. The fourth-order valence-corrected chi connectivity index (χ4v) is 1.51. The van der Waals surface area contributed by atoms with Crippen molar-refractivity contribution in [2.75, 3.05) is 13.7 Å². The third-order valence-electron chi connectivity index (χ3n) is 2.54. The SMILES string of the molecule is COCCC(CCc1nccn1C)NN. The van der Waals surface area contributed by atoms with Crippen molar-refractivity contribution in [3.05, 3.63) is 18.2 Å². The molecule has 0 aliphatic heterocycles. The molecule has 1 atom stereocenters. The van der Waals surface area contributed by atoms with Crippen molar-refractivity contribution in [2.24, 2.45) is 12.9 Å². The number of nitrogens with zero attached hydrogens (tertiary/aromatic N) is 2. The summed E-state index contributed by atoms with van der Waals surface area (Å²) in [5.74, 6) is 6.55. The first kappa shape index (κ1) is 12.2. The maximum atomic E-state index is 5.46. The molecule has 86 valence electrons. The molecular weight excluding hydrogens is 192 g/mol. The first-order valence-electron chi connectivity index (χ1n) is 5.19. The second-order valence-electron chi connectivity index (χ2n) is 3.64. The Hall–Kier alpha value is -0.910. The molecule has 1 aromatic heterocycles. The van der Waals surface area contributed by atoms with Gasteiger partial charge >= 0.3 is 0 Å². The highest BCUT2D eigenvalue weighted by Crippen LogP contribution is 2.04. The van der Waals surface area contributed by atoms with E-state index in [2.05, 4.69) is 10.4 Å². The van der Waals surface area contributed by atoms with Crippen LogP contribution in [0.2, 0.25) is 0 Å². The Kier molecular flexibility index (Phi) is 5.31. The highest BCUT2D eigenvalue weighted by atomic mass is 16.5. The van der Waals surface area contributed by atoms with E-state index in [4.69, 9.17) is 10.6 Å². The summed E-state index contributed by atoms with van der Waals surface area (Å²) in [6.07, 6.45) is 6.61. The smallest absolute Gasteiger partial charge is 0.108 e. The summed E-state index contributed by atoms with van der Waals surface area (Å²) in [4.78, 5) is 4.27. The van der Waals surface area contributed by atoms with Crippen molar-refractivity contribution in [3.63, 3.8) is 0 Å². The molecule has 1 unspecified atom stereocenters. The normalized spacial score (nSPS) is 13.0. The van der Waals surface area contributed by atoms with Gasteiger partial charge in [-0.1, -0.05) is 0 Å². The number of hydrazine groups is 1. The quantitative estimate of drug-likeness (QED) is 0.501. The van der Waals surface area contributed by atoms with Crippen LogP contribution in [-0.2, 0) is 18.2 Å². The summed E-state index contributed by atoms with van der Waals surface area (Å²) >= 11 is 0. The van der Waals surface area contributed by atoms with E-state index in [1.54, 1.807) is 7.11 Å². The van der Waals surface area contributed by atoms with Crippen molar-refractivity contribution in [2.45, 2.75) is 25.3 Å². The summed E-state index contributed by atoms with van der Waals surface area (Å²) in [5, 5.41) is 0. The molecule has 1 aromatic rings. The number of aromatic nitrogens is 2. The summed E-state index contributed by atoms with van der Waals surface area (Å²) in [6, 6.07) is 0.293. The van der Waals surface area contributed by atoms with E-state index >= 15 is 0 Å². The third kappa shape index (κ3) is 3.99. The Morgan fingerprint density at radius 3 is 2.93 bits per heavy atom. The number of nitrogens with two attached hydrogens (primary N) is 1. The summed E-state index contributed by atoms with van der Waals surface area (Å²) in [5.41, 5.74) is 2.80. The largest absolute Gasteiger partial charge is 0.385 e. The standard InChI is InChI=1S/C10H20N4O/c1-14-7-6-12-10(14)4-3-9(13-11)5-8-15-2/h6-7,9,13H,3-5,8,11H2,1-2H3. The summed E-state index contributed by atoms with van der Waals surface area (Å²) < 4.78 is 7.05.